The van der Waals surface area contributed by atoms with Crippen LogP contribution in [0.2, 0.25) is 0 Å². The number of nitrogens with two attached hydrogens (primary N) is 1. The Kier molecular flexibility index (Phi) is 3.36. The first-order valence-corrected chi connectivity index (χ1v) is 6.29. The molecule has 1 heterocycles. The number of benzene rings is 1. The number of fused-ring (bicyclic) bond motifs is 1. The fraction of sp³-hybridized carbons (Fsp3) is 0.308. The van der Waals surface area contributed by atoms with Crippen molar-refractivity contribution in [3.63, 3.8) is 0 Å². The predicted octanol–water partition coefficient (Wildman–Crippen LogP) is 3.21. The summed E-state index contributed by atoms with van der Waals surface area (Å²) in [5, 5.41) is 1.14. The van der Waals surface area contributed by atoms with E-state index in [0.29, 0.717) is 6.42 Å². The molecule has 3 heteroatoms. The van der Waals surface area contributed by atoms with Crippen LogP contribution >= 0.6 is 11.3 Å². The van der Waals surface area contributed by atoms with Gasteiger partial charge < -0.3 is 5.73 Å². The second-order valence-electron chi connectivity index (χ2n) is 3.94. The van der Waals surface area contributed by atoms with Gasteiger partial charge in [0, 0.05) is 17.2 Å². The molecular weight excluding hydrogens is 218 g/mol. The summed E-state index contributed by atoms with van der Waals surface area (Å²) < 4.78 is 1.16. The van der Waals surface area contributed by atoms with Gasteiger partial charge in [-0.3, -0.25) is 4.79 Å². The molecule has 2 rings (SSSR count). The first kappa shape index (κ1) is 11.3. The summed E-state index contributed by atoms with van der Waals surface area (Å²) in [7, 11) is 0. The lowest BCUT2D eigenvalue weighted by atomic mass is 10.1. The average molecular weight is 233 g/mol. The van der Waals surface area contributed by atoms with Gasteiger partial charge in [0.05, 0.1) is 4.88 Å². The van der Waals surface area contributed by atoms with Crippen LogP contribution in [0.25, 0.3) is 10.1 Å². The standard InChI is InChI=1S/C13H15NOS/c1-2-10(14)8-11(15)13-7-9-5-3-4-6-12(9)16-13/h3-7,10H,2,8,14H2,1H3. The number of thiophene rings is 1. The van der Waals surface area contributed by atoms with Crippen LogP contribution in [-0.4, -0.2) is 11.8 Å². The van der Waals surface area contributed by atoms with Gasteiger partial charge in [-0.25, -0.2) is 0 Å². The van der Waals surface area contributed by atoms with E-state index in [-0.39, 0.29) is 11.8 Å². The molecule has 0 amide bonds. The molecule has 0 saturated heterocycles. The molecule has 0 aliphatic heterocycles. The number of Topliss-reactive ketones (excluding diaryl/α,β-unsaturated/α-hetero) is 1. The van der Waals surface area contributed by atoms with Crippen LogP contribution in [0.5, 0.6) is 0 Å². The first-order valence-electron chi connectivity index (χ1n) is 5.48. The molecule has 16 heavy (non-hydrogen) atoms. The maximum absolute atomic E-state index is 11.9. The normalized spacial score (nSPS) is 12.9. The molecule has 2 aromatic rings. The zero-order valence-corrected chi connectivity index (χ0v) is 10.1. The minimum absolute atomic E-state index is 0.0160. The first-order chi connectivity index (χ1) is 7.70. The zero-order chi connectivity index (χ0) is 11.5. The maximum atomic E-state index is 11.9. The van der Waals surface area contributed by atoms with Gasteiger partial charge in [-0.05, 0) is 23.9 Å². The fourth-order valence-corrected chi connectivity index (χ4v) is 2.61. The molecule has 84 valence electrons. The highest BCUT2D eigenvalue weighted by molar-refractivity contribution is 7.20. The highest BCUT2D eigenvalue weighted by Gasteiger charge is 2.12. The Morgan fingerprint density at radius 1 is 1.44 bits per heavy atom. The van der Waals surface area contributed by atoms with Crippen molar-refractivity contribution in [3.05, 3.63) is 35.2 Å². The molecule has 1 aromatic heterocycles. The van der Waals surface area contributed by atoms with Crippen LogP contribution in [-0.2, 0) is 0 Å². The van der Waals surface area contributed by atoms with E-state index in [2.05, 4.69) is 0 Å². The largest absolute Gasteiger partial charge is 0.327 e. The Morgan fingerprint density at radius 3 is 2.88 bits per heavy atom. The molecule has 0 spiro atoms. The summed E-state index contributed by atoms with van der Waals surface area (Å²) in [4.78, 5) is 12.7. The smallest absolute Gasteiger partial charge is 0.174 e. The quantitative estimate of drug-likeness (QED) is 0.824. The molecule has 1 unspecified atom stereocenters. The number of ketones is 1. The minimum Gasteiger partial charge on any atom is -0.327 e. The number of hydrogen-bond acceptors (Lipinski definition) is 3. The van der Waals surface area contributed by atoms with Crippen LogP contribution in [0.1, 0.15) is 29.4 Å². The molecule has 0 bridgehead atoms. The van der Waals surface area contributed by atoms with Crippen LogP contribution in [0.15, 0.2) is 30.3 Å². The Bertz CT molecular complexity index is 470. The number of rotatable bonds is 4. The third-order valence-electron chi connectivity index (χ3n) is 2.67. The van der Waals surface area contributed by atoms with Crippen molar-refractivity contribution >= 4 is 27.2 Å². The van der Waals surface area contributed by atoms with Crippen molar-refractivity contribution in [3.8, 4) is 0 Å². The van der Waals surface area contributed by atoms with Crippen molar-refractivity contribution in [2.24, 2.45) is 5.73 Å². The summed E-state index contributed by atoms with van der Waals surface area (Å²) >= 11 is 1.55. The van der Waals surface area contributed by atoms with Crippen LogP contribution < -0.4 is 5.73 Å². The summed E-state index contributed by atoms with van der Waals surface area (Å²) in [5.41, 5.74) is 5.79. The fourth-order valence-electron chi connectivity index (χ4n) is 1.60. The second kappa shape index (κ2) is 4.76. The highest BCUT2D eigenvalue weighted by atomic mass is 32.1. The average Bonchev–Trinajstić information content (AvgIpc) is 2.72. The van der Waals surface area contributed by atoms with Gasteiger partial charge in [0.1, 0.15) is 0 Å². The van der Waals surface area contributed by atoms with Gasteiger partial charge in [-0.15, -0.1) is 11.3 Å². The molecule has 1 atom stereocenters. The van der Waals surface area contributed by atoms with E-state index in [1.54, 1.807) is 11.3 Å². The van der Waals surface area contributed by atoms with E-state index in [9.17, 15) is 4.79 Å². The third-order valence-corrected chi connectivity index (χ3v) is 3.83. The summed E-state index contributed by atoms with van der Waals surface area (Å²) in [6, 6.07) is 9.99. The molecule has 1 aromatic carbocycles. The Balaban J connectivity index is 2.23. The molecule has 0 fully saturated rings. The Labute approximate surface area is 99.1 Å². The van der Waals surface area contributed by atoms with Gasteiger partial charge >= 0.3 is 0 Å². The summed E-state index contributed by atoms with van der Waals surface area (Å²) in [6.45, 7) is 2.00. The lowest BCUT2D eigenvalue weighted by Gasteiger charge is -2.05. The van der Waals surface area contributed by atoms with Crippen molar-refractivity contribution in [1.82, 2.24) is 0 Å². The zero-order valence-electron chi connectivity index (χ0n) is 9.27. The van der Waals surface area contributed by atoms with Crippen molar-refractivity contribution < 1.29 is 4.79 Å². The van der Waals surface area contributed by atoms with E-state index in [4.69, 9.17) is 5.73 Å². The predicted molar refractivity (Wildman–Crippen MR) is 69.0 cm³/mol. The van der Waals surface area contributed by atoms with Crippen molar-refractivity contribution in [1.29, 1.82) is 0 Å². The van der Waals surface area contributed by atoms with Crippen LogP contribution in [0.3, 0.4) is 0 Å². The van der Waals surface area contributed by atoms with Gasteiger partial charge in [-0.2, -0.15) is 0 Å². The van der Waals surface area contributed by atoms with Crippen molar-refractivity contribution in [2.45, 2.75) is 25.8 Å². The van der Waals surface area contributed by atoms with Crippen LogP contribution in [0, 0.1) is 0 Å². The lowest BCUT2D eigenvalue weighted by Crippen LogP contribution is -2.22. The molecule has 2 nitrogen and oxygen atoms in total. The number of carbonyl (C=O) groups excluding carboxylic acids is 1. The van der Waals surface area contributed by atoms with E-state index in [1.807, 2.05) is 37.3 Å². The minimum atomic E-state index is -0.0160. The Morgan fingerprint density at radius 2 is 2.19 bits per heavy atom. The molecule has 2 N–H and O–H groups in total. The van der Waals surface area contributed by atoms with E-state index >= 15 is 0 Å². The topological polar surface area (TPSA) is 43.1 Å². The van der Waals surface area contributed by atoms with E-state index in [1.165, 1.54) is 0 Å². The summed E-state index contributed by atoms with van der Waals surface area (Å²) in [5.74, 6) is 0.163. The molecular formula is C13H15NOS. The molecule has 0 radical (unpaired) electrons. The molecule has 0 aliphatic rings. The number of carbonyl (C=O) groups is 1. The maximum Gasteiger partial charge on any atom is 0.174 e. The lowest BCUT2D eigenvalue weighted by molar-refractivity contribution is 0.0978. The van der Waals surface area contributed by atoms with Crippen LogP contribution in [0.4, 0.5) is 0 Å². The van der Waals surface area contributed by atoms with E-state index < -0.39 is 0 Å². The molecule has 0 aliphatic carbocycles. The monoisotopic (exact) mass is 233 g/mol. The molecule has 0 saturated carbocycles. The Hall–Kier alpha value is -1.19. The number of hydrogen-bond donors (Lipinski definition) is 1. The third kappa shape index (κ3) is 2.31. The highest BCUT2D eigenvalue weighted by Crippen LogP contribution is 2.26. The van der Waals surface area contributed by atoms with E-state index in [0.717, 1.165) is 21.4 Å². The SMILES string of the molecule is CCC(N)CC(=O)c1cc2ccccc2s1. The van der Waals surface area contributed by atoms with Gasteiger partial charge in [0.15, 0.2) is 5.78 Å². The van der Waals surface area contributed by atoms with Crippen molar-refractivity contribution in [2.75, 3.05) is 0 Å². The van der Waals surface area contributed by atoms with Gasteiger partial charge in [-0.1, -0.05) is 25.1 Å². The summed E-state index contributed by atoms with van der Waals surface area (Å²) in [6.07, 6.45) is 1.29. The van der Waals surface area contributed by atoms with Gasteiger partial charge in [0.25, 0.3) is 0 Å². The second-order valence-corrected chi connectivity index (χ2v) is 5.03. The van der Waals surface area contributed by atoms with Gasteiger partial charge in [0.2, 0.25) is 0 Å².